The summed E-state index contributed by atoms with van der Waals surface area (Å²) in [6, 6.07) is 3.20. The van der Waals surface area contributed by atoms with Crippen molar-refractivity contribution in [2.24, 2.45) is 11.7 Å². The lowest BCUT2D eigenvalue weighted by molar-refractivity contribution is 0.0773. The lowest BCUT2D eigenvalue weighted by Crippen LogP contribution is -2.30. The minimum Gasteiger partial charge on any atom is -0.366 e. The van der Waals surface area contributed by atoms with Gasteiger partial charge in [0.2, 0.25) is 5.91 Å². The van der Waals surface area contributed by atoms with Crippen LogP contribution in [-0.2, 0) is 0 Å². The van der Waals surface area contributed by atoms with Crippen molar-refractivity contribution in [3.8, 4) is 0 Å². The highest BCUT2D eigenvalue weighted by atomic mass is 79.9. The number of carbonyl (C=O) groups is 2. The second-order valence-electron chi connectivity index (χ2n) is 4.62. The number of primary amides is 1. The molecule has 0 saturated heterocycles. The summed E-state index contributed by atoms with van der Waals surface area (Å²) in [6.45, 7) is 2.09. The number of nitrogens with zero attached hydrogens (tertiary/aromatic N) is 2. The Bertz CT molecular complexity index is 518. The van der Waals surface area contributed by atoms with Crippen LogP contribution in [0.1, 0.15) is 34.2 Å². The van der Waals surface area contributed by atoms with Gasteiger partial charge in [-0.25, -0.2) is 4.98 Å². The molecule has 1 aromatic rings. The van der Waals surface area contributed by atoms with Gasteiger partial charge >= 0.3 is 0 Å². The lowest BCUT2D eigenvalue weighted by atomic mass is 10.2. The van der Waals surface area contributed by atoms with Gasteiger partial charge in [-0.05, 0) is 40.4 Å². The first kappa shape index (κ1) is 13.0. The van der Waals surface area contributed by atoms with Crippen molar-refractivity contribution in [3.05, 3.63) is 28.0 Å². The van der Waals surface area contributed by atoms with Gasteiger partial charge < -0.3 is 10.6 Å². The van der Waals surface area contributed by atoms with Crippen LogP contribution in [0.15, 0.2) is 16.7 Å². The van der Waals surface area contributed by atoms with Gasteiger partial charge in [0.25, 0.3) is 5.91 Å². The third-order valence-corrected chi connectivity index (χ3v) is 3.59. The zero-order valence-electron chi connectivity index (χ0n) is 10.2. The summed E-state index contributed by atoms with van der Waals surface area (Å²) in [5, 5.41) is 0. The number of nitrogens with two attached hydrogens (primary N) is 1. The van der Waals surface area contributed by atoms with E-state index in [-0.39, 0.29) is 23.2 Å². The second kappa shape index (κ2) is 4.68. The third kappa shape index (κ3) is 2.53. The predicted octanol–water partition coefficient (Wildman–Crippen LogP) is 1.42. The minimum atomic E-state index is -0.574. The second-order valence-corrected chi connectivity index (χ2v) is 5.44. The number of aromatic nitrogens is 1. The van der Waals surface area contributed by atoms with E-state index in [1.165, 1.54) is 12.1 Å². The fourth-order valence-electron chi connectivity index (χ4n) is 1.92. The zero-order valence-corrected chi connectivity index (χ0v) is 11.8. The van der Waals surface area contributed by atoms with E-state index in [0.29, 0.717) is 10.5 Å². The number of hydrogen-bond acceptors (Lipinski definition) is 3. The highest BCUT2D eigenvalue weighted by Crippen LogP contribution is 2.34. The molecule has 0 aliphatic heterocycles. The Labute approximate surface area is 113 Å². The third-order valence-electron chi connectivity index (χ3n) is 3.18. The van der Waals surface area contributed by atoms with Gasteiger partial charge in [-0.2, -0.15) is 0 Å². The Balaban J connectivity index is 2.27. The van der Waals surface area contributed by atoms with Gasteiger partial charge in [0.15, 0.2) is 0 Å². The zero-order chi connectivity index (χ0) is 13.4. The molecule has 1 aliphatic rings. The van der Waals surface area contributed by atoms with Gasteiger partial charge in [-0.3, -0.25) is 9.59 Å². The number of amides is 2. The van der Waals surface area contributed by atoms with Crippen LogP contribution in [0, 0.1) is 5.92 Å². The fraction of sp³-hybridized carbons (Fsp3) is 0.417. The van der Waals surface area contributed by atoms with Crippen LogP contribution in [0.5, 0.6) is 0 Å². The van der Waals surface area contributed by atoms with E-state index in [1.54, 1.807) is 11.9 Å². The highest BCUT2D eigenvalue weighted by Gasteiger charge is 2.39. The topological polar surface area (TPSA) is 76.3 Å². The maximum absolute atomic E-state index is 12.2. The summed E-state index contributed by atoms with van der Waals surface area (Å²) in [4.78, 5) is 29.1. The molecule has 1 aliphatic carbocycles. The summed E-state index contributed by atoms with van der Waals surface area (Å²) in [5.41, 5.74) is 5.72. The molecule has 0 spiro atoms. The van der Waals surface area contributed by atoms with Crippen molar-refractivity contribution in [3.63, 3.8) is 0 Å². The Morgan fingerprint density at radius 2 is 2.11 bits per heavy atom. The number of carbonyl (C=O) groups excluding carboxylic acids is 2. The summed E-state index contributed by atoms with van der Waals surface area (Å²) in [5.74, 6) is -0.232. The van der Waals surface area contributed by atoms with E-state index in [1.807, 2.05) is 0 Å². The normalized spacial score (nSPS) is 21.5. The molecule has 2 amide bonds. The van der Waals surface area contributed by atoms with Crippen molar-refractivity contribution in [1.82, 2.24) is 9.88 Å². The van der Waals surface area contributed by atoms with E-state index < -0.39 is 5.91 Å². The first-order valence-electron chi connectivity index (χ1n) is 5.64. The molecule has 18 heavy (non-hydrogen) atoms. The van der Waals surface area contributed by atoms with Crippen LogP contribution >= 0.6 is 15.9 Å². The van der Waals surface area contributed by atoms with E-state index in [0.717, 1.165) is 6.42 Å². The van der Waals surface area contributed by atoms with Gasteiger partial charge in [-0.15, -0.1) is 0 Å². The first-order valence-corrected chi connectivity index (χ1v) is 6.44. The number of rotatable bonds is 3. The van der Waals surface area contributed by atoms with Crippen LogP contribution < -0.4 is 5.73 Å². The van der Waals surface area contributed by atoms with Crippen molar-refractivity contribution in [1.29, 1.82) is 0 Å². The Kier molecular flexibility index (Phi) is 3.38. The number of pyridine rings is 1. The molecule has 0 aromatic carbocycles. The molecular weight excluding hydrogens is 298 g/mol. The predicted molar refractivity (Wildman–Crippen MR) is 70.1 cm³/mol. The van der Waals surface area contributed by atoms with Crippen LogP contribution in [0.25, 0.3) is 0 Å². The molecule has 2 unspecified atom stereocenters. The first-order chi connectivity index (χ1) is 8.40. The van der Waals surface area contributed by atoms with Crippen LogP contribution in [0.4, 0.5) is 0 Å². The molecule has 1 aromatic heterocycles. The molecule has 1 saturated carbocycles. The largest absolute Gasteiger partial charge is 0.366 e. The van der Waals surface area contributed by atoms with E-state index in [2.05, 4.69) is 27.8 Å². The standard InChI is InChI=1S/C12H14BrN3O2/c1-6-3-9(6)16(2)12(18)8-4-7(11(14)17)5-10(13)15-8/h4-6,9H,3H2,1-2H3,(H2,14,17). The molecule has 2 atom stereocenters. The molecule has 0 radical (unpaired) electrons. The summed E-state index contributed by atoms with van der Waals surface area (Å²) >= 11 is 3.17. The van der Waals surface area contributed by atoms with Crippen LogP contribution in [0.3, 0.4) is 0 Å². The minimum absolute atomic E-state index is 0.187. The molecular formula is C12H14BrN3O2. The summed E-state index contributed by atoms with van der Waals surface area (Å²) < 4.78 is 0.430. The molecule has 1 fully saturated rings. The van der Waals surface area contributed by atoms with E-state index in [4.69, 9.17) is 5.73 Å². The van der Waals surface area contributed by atoms with Crippen molar-refractivity contribution in [2.75, 3.05) is 7.05 Å². The molecule has 5 nitrogen and oxygen atoms in total. The number of halogens is 1. The van der Waals surface area contributed by atoms with Gasteiger partial charge in [-0.1, -0.05) is 6.92 Å². The average Bonchev–Trinajstić information content (AvgIpc) is 3.03. The van der Waals surface area contributed by atoms with E-state index >= 15 is 0 Å². The smallest absolute Gasteiger partial charge is 0.272 e. The maximum Gasteiger partial charge on any atom is 0.272 e. The molecule has 2 rings (SSSR count). The summed E-state index contributed by atoms with van der Waals surface area (Å²) in [6.07, 6.45) is 1.01. The van der Waals surface area contributed by atoms with Crippen LogP contribution in [-0.4, -0.2) is 34.8 Å². The van der Waals surface area contributed by atoms with Crippen LogP contribution in [0.2, 0.25) is 0 Å². The monoisotopic (exact) mass is 311 g/mol. The van der Waals surface area contributed by atoms with Gasteiger partial charge in [0, 0.05) is 18.7 Å². The summed E-state index contributed by atoms with van der Waals surface area (Å²) in [7, 11) is 1.75. The molecule has 0 bridgehead atoms. The van der Waals surface area contributed by atoms with Gasteiger partial charge in [0.05, 0.1) is 0 Å². The van der Waals surface area contributed by atoms with Crippen molar-refractivity contribution < 1.29 is 9.59 Å². The van der Waals surface area contributed by atoms with Crippen molar-refractivity contribution >= 4 is 27.7 Å². The van der Waals surface area contributed by atoms with E-state index in [9.17, 15) is 9.59 Å². The Morgan fingerprint density at radius 1 is 1.50 bits per heavy atom. The van der Waals surface area contributed by atoms with Crippen molar-refractivity contribution in [2.45, 2.75) is 19.4 Å². The molecule has 6 heteroatoms. The number of hydrogen-bond donors (Lipinski definition) is 1. The quantitative estimate of drug-likeness (QED) is 0.858. The maximum atomic E-state index is 12.2. The lowest BCUT2D eigenvalue weighted by Gasteiger charge is -2.16. The average molecular weight is 312 g/mol. The van der Waals surface area contributed by atoms with Gasteiger partial charge in [0.1, 0.15) is 10.3 Å². The molecule has 1 heterocycles. The fourth-order valence-corrected chi connectivity index (χ4v) is 2.36. The molecule has 96 valence electrons. The highest BCUT2D eigenvalue weighted by molar-refractivity contribution is 9.10. The Hall–Kier alpha value is -1.43. The Morgan fingerprint density at radius 3 is 2.61 bits per heavy atom. The SMILES string of the molecule is CC1CC1N(C)C(=O)c1cc(C(N)=O)cc(Br)n1. The molecule has 2 N–H and O–H groups in total.